The lowest BCUT2D eigenvalue weighted by Crippen LogP contribution is -2.38. The van der Waals surface area contributed by atoms with E-state index < -0.39 is 6.03 Å². The molecule has 0 radical (unpaired) electrons. The van der Waals surface area contributed by atoms with Gasteiger partial charge in [-0.1, -0.05) is 28.4 Å². The maximum Gasteiger partial charge on any atom is 0.322 e. The van der Waals surface area contributed by atoms with Crippen molar-refractivity contribution in [3.05, 3.63) is 28.2 Å². The number of oxime groups is 1. The molecule has 0 spiro atoms. The Morgan fingerprint density at radius 3 is 2.83 bits per heavy atom. The standard InChI is InChI=1S/C10H12Cl2N4O2/c1-16(5-9(13)15-18)10(17)14-8-4-6(11)2-3-7(8)12/h2-4,18H,5H2,1H3,(H2,13,15)(H,14,17). The Labute approximate surface area is 114 Å². The van der Waals surface area contributed by atoms with Crippen molar-refractivity contribution in [1.29, 1.82) is 0 Å². The Kier molecular flexibility index (Phi) is 5.06. The first-order chi connectivity index (χ1) is 8.43. The maximum absolute atomic E-state index is 11.7. The van der Waals surface area contributed by atoms with Crippen molar-refractivity contribution < 1.29 is 10.0 Å². The smallest absolute Gasteiger partial charge is 0.322 e. The average Bonchev–Trinajstić information content (AvgIpc) is 2.33. The fraction of sp³-hybridized carbons (Fsp3) is 0.200. The summed E-state index contributed by atoms with van der Waals surface area (Å²) in [4.78, 5) is 13.0. The molecule has 0 atom stereocenters. The zero-order chi connectivity index (χ0) is 13.7. The number of likely N-dealkylation sites (N-methyl/N-ethyl adjacent to an activating group) is 1. The van der Waals surface area contributed by atoms with Gasteiger partial charge >= 0.3 is 6.03 Å². The molecule has 98 valence electrons. The third-order valence-electron chi connectivity index (χ3n) is 2.04. The molecule has 0 fully saturated rings. The summed E-state index contributed by atoms with van der Waals surface area (Å²) in [6.45, 7) is -0.0134. The molecule has 0 aromatic heterocycles. The first-order valence-corrected chi connectivity index (χ1v) is 5.63. The molecule has 8 heteroatoms. The SMILES string of the molecule is CN(CC(N)=NO)C(=O)Nc1cc(Cl)ccc1Cl. The monoisotopic (exact) mass is 290 g/mol. The summed E-state index contributed by atoms with van der Waals surface area (Å²) < 4.78 is 0. The van der Waals surface area contributed by atoms with Crippen molar-refractivity contribution in [3.63, 3.8) is 0 Å². The van der Waals surface area contributed by atoms with Gasteiger partial charge in [0.15, 0.2) is 5.84 Å². The van der Waals surface area contributed by atoms with E-state index in [1.54, 1.807) is 12.1 Å². The van der Waals surface area contributed by atoms with Gasteiger partial charge in [-0.3, -0.25) is 0 Å². The molecule has 0 aliphatic heterocycles. The van der Waals surface area contributed by atoms with Gasteiger partial charge in [0.25, 0.3) is 0 Å². The Morgan fingerprint density at radius 2 is 2.22 bits per heavy atom. The highest BCUT2D eigenvalue weighted by Gasteiger charge is 2.12. The van der Waals surface area contributed by atoms with Crippen LogP contribution in [0.2, 0.25) is 10.0 Å². The number of nitrogens with one attached hydrogen (secondary N) is 1. The largest absolute Gasteiger partial charge is 0.409 e. The quantitative estimate of drug-likeness (QED) is 0.345. The third kappa shape index (κ3) is 3.97. The zero-order valence-electron chi connectivity index (χ0n) is 9.52. The normalized spacial score (nSPS) is 11.2. The number of urea groups is 1. The van der Waals surface area contributed by atoms with E-state index in [1.807, 2.05) is 0 Å². The van der Waals surface area contributed by atoms with Crippen LogP contribution in [0.3, 0.4) is 0 Å². The zero-order valence-corrected chi connectivity index (χ0v) is 11.0. The number of nitrogens with zero attached hydrogens (tertiary/aromatic N) is 2. The molecule has 0 aliphatic carbocycles. The van der Waals surface area contributed by atoms with Gasteiger partial charge in [0.05, 0.1) is 17.3 Å². The van der Waals surface area contributed by atoms with Gasteiger partial charge in [-0.05, 0) is 18.2 Å². The van der Waals surface area contributed by atoms with Gasteiger partial charge < -0.3 is 21.2 Å². The van der Waals surface area contributed by atoms with Gasteiger partial charge in [0.1, 0.15) is 0 Å². The minimum Gasteiger partial charge on any atom is -0.409 e. The highest BCUT2D eigenvalue weighted by atomic mass is 35.5. The van der Waals surface area contributed by atoms with Crippen LogP contribution in [0.25, 0.3) is 0 Å². The molecule has 18 heavy (non-hydrogen) atoms. The molecule has 0 bridgehead atoms. The number of rotatable bonds is 3. The number of carbonyl (C=O) groups excluding carboxylic acids is 1. The fourth-order valence-corrected chi connectivity index (χ4v) is 1.49. The van der Waals surface area contributed by atoms with E-state index >= 15 is 0 Å². The number of amides is 2. The first kappa shape index (κ1) is 14.4. The minimum absolute atomic E-state index is 0.0134. The fourth-order valence-electron chi connectivity index (χ4n) is 1.15. The van der Waals surface area contributed by atoms with E-state index in [1.165, 1.54) is 18.0 Å². The molecule has 2 amide bonds. The van der Waals surface area contributed by atoms with E-state index in [-0.39, 0.29) is 12.4 Å². The third-order valence-corrected chi connectivity index (χ3v) is 2.61. The number of hydrogen-bond acceptors (Lipinski definition) is 3. The number of amidine groups is 1. The molecule has 0 saturated carbocycles. The average molecular weight is 291 g/mol. The van der Waals surface area contributed by atoms with Crippen LogP contribution in [-0.4, -0.2) is 35.6 Å². The number of halogens is 2. The van der Waals surface area contributed by atoms with E-state index in [0.29, 0.717) is 15.7 Å². The van der Waals surface area contributed by atoms with Crippen LogP contribution in [-0.2, 0) is 0 Å². The summed E-state index contributed by atoms with van der Waals surface area (Å²) in [5, 5.41) is 14.6. The summed E-state index contributed by atoms with van der Waals surface area (Å²) in [6.07, 6.45) is 0. The van der Waals surface area contributed by atoms with Crippen LogP contribution in [0.5, 0.6) is 0 Å². The van der Waals surface area contributed by atoms with E-state index in [2.05, 4.69) is 10.5 Å². The Bertz CT molecular complexity index is 479. The summed E-state index contributed by atoms with van der Waals surface area (Å²) in [5.74, 6) is -0.0789. The van der Waals surface area contributed by atoms with Crippen molar-refractivity contribution in [3.8, 4) is 0 Å². The molecule has 4 N–H and O–H groups in total. The molecule has 1 rings (SSSR count). The molecule has 6 nitrogen and oxygen atoms in total. The van der Waals surface area contributed by atoms with Gasteiger partial charge in [-0.15, -0.1) is 0 Å². The molecule has 0 saturated heterocycles. The van der Waals surface area contributed by atoms with Gasteiger partial charge in [-0.25, -0.2) is 4.79 Å². The van der Waals surface area contributed by atoms with Crippen LogP contribution >= 0.6 is 23.2 Å². The van der Waals surface area contributed by atoms with Crippen molar-refractivity contribution >= 4 is 40.8 Å². The molecular formula is C10H12Cl2N4O2. The number of hydrogen-bond donors (Lipinski definition) is 3. The number of benzene rings is 1. The number of carbonyl (C=O) groups is 1. The lowest BCUT2D eigenvalue weighted by molar-refractivity contribution is 0.227. The van der Waals surface area contributed by atoms with Gasteiger partial charge in [-0.2, -0.15) is 0 Å². The molecule has 0 heterocycles. The summed E-state index contributed by atoms with van der Waals surface area (Å²) >= 11 is 11.7. The van der Waals surface area contributed by atoms with Crippen LogP contribution in [0.1, 0.15) is 0 Å². The van der Waals surface area contributed by atoms with Crippen molar-refractivity contribution in [2.24, 2.45) is 10.9 Å². The van der Waals surface area contributed by atoms with Crippen molar-refractivity contribution in [1.82, 2.24) is 4.90 Å². The predicted octanol–water partition coefficient (Wildman–Crippen LogP) is 2.20. The lowest BCUT2D eigenvalue weighted by Gasteiger charge is -2.17. The van der Waals surface area contributed by atoms with Gasteiger partial charge in [0.2, 0.25) is 0 Å². The second-order valence-corrected chi connectivity index (χ2v) is 4.35. The van der Waals surface area contributed by atoms with Gasteiger partial charge in [0, 0.05) is 12.1 Å². The van der Waals surface area contributed by atoms with Crippen molar-refractivity contribution in [2.45, 2.75) is 0 Å². The molecule has 1 aromatic carbocycles. The molecular weight excluding hydrogens is 279 g/mol. The Hall–Kier alpha value is -1.66. The first-order valence-electron chi connectivity index (χ1n) is 4.87. The summed E-state index contributed by atoms with van der Waals surface area (Å²) in [7, 11) is 1.49. The molecule has 1 aromatic rings. The summed E-state index contributed by atoms with van der Waals surface area (Å²) in [5.41, 5.74) is 5.68. The minimum atomic E-state index is -0.453. The highest BCUT2D eigenvalue weighted by Crippen LogP contribution is 2.25. The maximum atomic E-state index is 11.7. The lowest BCUT2D eigenvalue weighted by atomic mass is 10.3. The topological polar surface area (TPSA) is 90.9 Å². The molecule has 0 aliphatic rings. The predicted molar refractivity (Wildman–Crippen MR) is 71.5 cm³/mol. The number of anilines is 1. The van der Waals surface area contributed by atoms with Crippen LogP contribution < -0.4 is 11.1 Å². The molecule has 0 unspecified atom stereocenters. The Morgan fingerprint density at radius 1 is 1.56 bits per heavy atom. The van der Waals surface area contributed by atoms with Crippen LogP contribution in [0, 0.1) is 0 Å². The number of nitrogens with two attached hydrogens (primary N) is 1. The van der Waals surface area contributed by atoms with E-state index in [4.69, 9.17) is 34.1 Å². The van der Waals surface area contributed by atoms with Crippen LogP contribution in [0.4, 0.5) is 10.5 Å². The van der Waals surface area contributed by atoms with E-state index in [9.17, 15) is 4.79 Å². The second kappa shape index (κ2) is 6.32. The van der Waals surface area contributed by atoms with Crippen LogP contribution in [0.15, 0.2) is 23.4 Å². The Balaban J connectivity index is 2.72. The van der Waals surface area contributed by atoms with E-state index in [0.717, 1.165) is 0 Å². The summed E-state index contributed by atoms with van der Waals surface area (Å²) in [6, 6.07) is 4.26. The second-order valence-electron chi connectivity index (χ2n) is 3.50. The van der Waals surface area contributed by atoms with Crippen molar-refractivity contribution in [2.75, 3.05) is 18.9 Å². The highest BCUT2D eigenvalue weighted by molar-refractivity contribution is 6.35.